The Morgan fingerprint density at radius 2 is 2.50 bits per heavy atom. The summed E-state index contributed by atoms with van der Waals surface area (Å²) in [4.78, 5) is 26.8. The van der Waals surface area contributed by atoms with E-state index < -0.39 is 0 Å². The zero-order valence-corrected chi connectivity index (χ0v) is 5.42. The number of carbonyl (C=O) groups is 2. The van der Waals surface area contributed by atoms with Crippen molar-refractivity contribution in [2.45, 2.75) is 6.92 Å². The number of carbonyl (C=O) groups excluding carboxylic acids is 2. The molecule has 0 aliphatic heterocycles. The van der Waals surface area contributed by atoms with Gasteiger partial charge in [-0.25, -0.2) is 4.98 Å². The Morgan fingerprint density at radius 3 is 2.80 bits per heavy atom. The van der Waals surface area contributed by atoms with Gasteiger partial charge < -0.3 is 4.98 Å². The molecule has 0 unspecified atom stereocenters. The summed E-state index contributed by atoms with van der Waals surface area (Å²) in [6.07, 6.45) is 1.90. The van der Waals surface area contributed by atoms with Gasteiger partial charge in [0, 0.05) is 6.92 Å². The van der Waals surface area contributed by atoms with Crippen LogP contribution >= 0.6 is 0 Å². The predicted octanol–water partition coefficient (Wildman–Crippen LogP) is 0.425. The summed E-state index contributed by atoms with van der Waals surface area (Å²) >= 11 is 0. The number of nitrogens with one attached hydrogen (secondary N) is 1. The van der Waals surface area contributed by atoms with Crippen molar-refractivity contribution in [2.24, 2.45) is 0 Å². The minimum Gasteiger partial charge on any atom is -0.333 e. The number of hydrogen-bond acceptors (Lipinski definition) is 3. The molecule has 0 saturated carbocycles. The van der Waals surface area contributed by atoms with Crippen molar-refractivity contribution >= 4 is 12.1 Å². The number of rotatable bonds is 2. The molecule has 4 nitrogen and oxygen atoms in total. The van der Waals surface area contributed by atoms with E-state index in [0.717, 1.165) is 0 Å². The van der Waals surface area contributed by atoms with Crippen LogP contribution in [0.5, 0.6) is 0 Å². The van der Waals surface area contributed by atoms with Crippen molar-refractivity contribution in [3.8, 4) is 0 Å². The normalized spacial score (nSPS) is 9.30. The summed E-state index contributed by atoms with van der Waals surface area (Å²) in [5.41, 5.74) is 0.363. The third-order valence-electron chi connectivity index (χ3n) is 1.09. The molecule has 0 amide bonds. The zero-order valence-electron chi connectivity index (χ0n) is 5.42. The Bertz CT molecular complexity index is 264. The highest BCUT2D eigenvalue weighted by Gasteiger charge is 2.01. The van der Waals surface area contributed by atoms with Crippen molar-refractivity contribution in [3.63, 3.8) is 0 Å². The van der Waals surface area contributed by atoms with Crippen LogP contribution in [0.3, 0.4) is 0 Å². The van der Waals surface area contributed by atoms with Gasteiger partial charge in [0.25, 0.3) is 0 Å². The summed E-state index contributed by atoms with van der Waals surface area (Å²) < 4.78 is 0. The number of aromatic amines is 1. The molecule has 0 aliphatic rings. The summed E-state index contributed by atoms with van der Waals surface area (Å²) in [6.45, 7) is 1.40. The second kappa shape index (κ2) is 2.43. The van der Waals surface area contributed by atoms with Crippen LogP contribution in [0.1, 0.15) is 28.0 Å². The number of H-pyrrole nitrogens is 1. The molecular weight excluding hydrogens is 132 g/mol. The van der Waals surface area contributed by atoms with Crippen LogP contribution in [0, 0.1) is 0 Å². The van der Waals surface area contributed by atoms with Gasteiger partial charge in [0.2, 0.25) is 0 Å². The summed E-state index contributed by atoms with van der Waals surface area (Å²) in [5, 5.41) is 0. The molecule has 0 spiro atoms. The van der Waals surface area contributed by atoms with Gasteiger partial charge in [-0.05, 0) is 0 Å². The van der Waals surface area contributed by atoms with Gasteiger partial charge in [0.15, 0.2) is 17.9 Å². The molecule has 0 saturated heterocycles. The molecule has 1 N–H and O–H groups in total. The highest BCUT2D eigenvalue weighted by atomic mass is 16.1. The number of nitrogens with zero attached hydrogens (tertiary/aromatic N) is 1. The summed E-state index contributed by atoms with van der Waals surface area (Å²) in [5.74, 6) is 0.0609. The van der Waals surface area contributed by atoms with E-state index in [4.69, 9.17) is 0 Å². The first-order chi connectivity index (χ1) is 4.74. The minimum absolute atomic E-state index is 0.124. The van der Waals surface area contributed by atoms with Crippen molar-refractivity contribution in [3.05, 3.63) is 17.7 Å². The number of imidazole rings is 1. The topological polar surface area (TPSA) is 62.8 Å². The van der Waals surface area contributed by atoms with Gasteiger partial charge in [-0.15, -0.1) is 0 Å². The molecule has 1 rings (SSSR count). The Hall–Kier alpha value is -1.45. The van der Waals surface area contributed by atoms with E-state index in [1.165, 1.54) is 13.1 Å². The van der Waals surface area contributed by atoms with E-state index in [9.17, 15) is 9.59 Å². The number of aldehydes is 1. The molecule has 0 bridgehead atoms. The maximum Gasteiger partial charge on any atom is 0.185 e. The molecule has 1 heterocycles. The van der Waals surface area contributed by atoms with Gasteiger partial charge in [0.1, 0.15) is 5.69 Å². The molecule has 4 heteroatoms. The number of aromatic nitrogens is 2. The van der Waals surface area contributed by atoms with Crippen molar-refractivity contribution in [1.82, 2.24) is 9.97 Å². The first kappa shape index (κ1) is 6.67. The van der Waals surface area contributed by atoms with Crippen molar-refractivity contribution in [1.29, 1.82) is 0 Å². The quantitative estimate of drug-likeness (QED) is 0.476. The van der Waals surface area contributed by atoms with Gasteiger partial charge in [-0.2, -0.15) is 0 Å². The van der Waals surface area contributed by atoms with Crippen LogP contribution in [-0.4, -0.2) is 22.0 Å². The van der Waals surface area contributed by atoms with Crippen molar-refractivity contribution in [2.75, 3.05) is 0 Å². The maximum atomic E-state index is 10.6. The largest absolute Gasteiger partial charge is 0.333 e. The lowest BCUT2D eigenvalue weighted by molar-refractivity contribution is 0.101. The Labute approximate surface area is 57.3 Å². The maximum absolute atomic E-state index is 10.6. The van der Waals surface area contributed by atoms with E-state index in [2.05, 4.69) is 9.97 Å². The predicted molar refractivity (Wildman–Crippen MR) is 34.0 cm³/mol. The Balaban J connectivity index is 2.98. The first-order valence-corrected chi connectivity index (χ1v) is 2.75. The van der Waals surface area contributed by atoms with Crippen LogP contribution in [0.4, 0.5) is 0 Å². The second-order valence-corrected chi connectivity index (χ2v) is 1.86. The second-order valence-electron chi connectivity index (χ2n) is 1.86. The number of hydrogen-bond donors (Lipinski definition) is 1. The third kappa shape index (κ3) is 1.10. The van der Waals surface area contributed by atoms with Gasteiger partial charge in [-0.1, -0.05) is 0 Å². The van der Waals surface area contributed by atoms with E-state index in [1.54, 1.807) is 0 Å². The lowest BCUT2D eigenvalue weighted by Gasteiger charge is -1.82. The molecule has 0 aromatic carbocycles. The number of Topliss-reactive ketones (excluding diaryl/α,β-unsaturated/α-hetero) is 1. The minimum atomic E-state index is -0.124. The van der Waals surface area contributed by atoms with Crippen LogP contribution in [0.2, 0.25) is 0 Å². The zero-order chi connectivity index (χ0) is 7.56. The molecule has 0 atom stereocenters. The molecule has 0 radical (unpaired) electrons. The fourth-order valence-corrected chi connectivity index (χ4v) is 0.575. The third-order valence-corrected chi connectivity index (χ3v) is 1.09. The molecule has 1 aromatic rings. The molecule has 1 aromatic heterocycles. The molecule has 52 valence electrons. The smallest absolute Gasteiger partial charge is 0.185 e. The van der Waals surface area contributed by atoms with E-state index in [-0.39, 0.29) is 11.6 Å². The van der Waals surface area contributed by atoms with Gasteiger partial charge >= 0.3 is 0 Å². The Kier molecular flexibility index (Phi) is 1.62. The fraction of sp³-hybridized carbons (Fsp3) is 0.167. The monoisotopic (exact) mass is 138 g/mol. The van der Waals surface area contributed by atoms with Gasteiger partial charge in [0.05, 0.1) is 6.20 Å². The average molecular weight is 138 g/mol. The van der Waals surface area contributed by atoms with Crippen LogP contribution in [0.25, 0.3) is 0 Å². The lowest BCUT2D eigenvalue weighted by Crippen LogP contribution is -1.91. The number of ketones is 1. The highest BCUT2D eigenvalue weighted by molar-refractivity contribution is 5.92. The first-order valence-electron chi connectivity index (χ1n) is 2.75. The van der Waals surface area contributed by atoms with Crippen LogP contribution in [0.15, 0.2) is 6.20 Å². The SMILES string of the molecule is CC(=O)c1cnc(C=O)[nH]1. The average Bonchev–Trinajstić information content (AvgIpc) is 2.34. The standard InChI is InChI=1S/C6H6N2O2/c1-4(10)5-2-7-6(3-9)8-5/h2-3H,1H3,(H,7,8). The molecule has 0 aliphatic carbocycles. The van der Waals surface area contributed by atoms with E-state index in [1.807, 2.05) is 0 Å². The van der Waals surface area contributed by atoms with Crippen LogP contribution in [-0.2, 0) is 0 Å². The Morgan fingerprint density at radius 1 is 1.80 bits per heavy atom. The van der Waals surface area contributed by atoms with Gasteiger partial charge in [-0.3, -0.25) is 9.59 Å². The summed E-state index contributed by atoms with van der Waals surface area (Å²) in [7, 11) is 0. The summed E-state index contributed by atoms with van der Waals surface area (Å²) in [6, 6.07) is 0. The molecule has 10 heavy (non-hydrogen) atoms. The molecule has 0 fully saturated rings. The highest BCUT2D eigenvalue weighted by Crippen LogP contribution is 1.94. The van der Waals surface area contributed by atoms with Crippen molar-refractivity contribution < 1.29 is 9.59 Å². The fourth-order valence-electron chi connectivity index (χ4n) is 0.575. The van der Waals surface area contributed by atoms with E-state index >= 15 is 0 Å². The lowest BCUT2D eigenvalue weighted by atomic mass is 10.3. The molecular formula is C6H6N2O2. The van der Waals surface area contributed by atoms with E-state index in [0.29, 0.717) is 12.0 Å². The van der Waals surface area contributed by atoms with Crippen LogP contribution < -0.4 is 0 Å².